The zero-order chi connectivity index (χ0) is 14.7. The number of benzene rings is 1. The maximum atomic E-state index is 5.37. The molecule has 1 N–H and O–H groups in total. The molecule has 0 amide bonds. The Hall–Kier alpha value is -1.06. The van der Waals surface area contributed by atoms with Gasteiger partial charge in [-0.3, -0.25) is 4.90 Å². The van der Waals surface area contributed by atoms with Crippen LogP contribution in [0.3, 0.4) is 0 Å². The van der Waals surface area contributed by atoms with E-state index in [2.05, 4.69) is 56.4 Å². The lowest BCUT2D eigenvalue weighted by molar-refractivity contribution is 0.151. The van der Waals surface area contributed by atoms with E-state index in [0.717, 1.165) is 12.2 Å². The smallest absolute Gasteiger partial charge is 0.119 e. The van der Waals surface area contributed by atoms with Gasteiger partial charge in [-0.15, -0.1) is 0 Å². The van der Waals surface area contributed by atoms with Crippen molar-refractivity contribution in [3.63, 3.8) is 0 Å². The quantitative estimate of drug-likeness (QED) is 0.864. The summed E-state index contributed by atoms with van der Waals surface area (Å²) in [5, 5.41) is 3.50. The molecule has 0 saturated carbocycles. The molecular weight excluding hydrogens is 248 g/mol. The average molecular weight is 276 g/mol. The third-order valence-electron chi connectivity index (χ3n) is 4.74. The van der Waals surface area contributed by atoms with Gasteiger partial charge in [0.15, 0.2) is 0 Å². The summed E-state index contributed by atoms with van der Waals surface area (Å²) >= 11 is 0. The SMILES string of the molecule is CCCC(C)N(C)C1Cc2ccc(OC)cc2C1NC. The monoisotopic (exact) mass is 276 g/mol. The van der Waals surface area contributed by atoms with E-state index in [1.54, 1.807) is 7.11 Å². The Morgan fingerprint density at radius 2 is 2.20 bits per heavy atom. The van der Waals surface area contributed by atoms with E-state index in [9.17, 15) is 0 Å². The van der Waals surface area contributed by atoms with Crippen molar-refractivity contribution in [3.8, 4) is 5.75 Å². The predicted octanol–water partition coefficient (Wildman–Crippen LogP) is 3.00. The molecule has 0 bridgehead atoms. The van der Waals surface area contributed by atoms with Crippen molar-refractivity contribution in [2.24, 2.45) is 0 Å². The van der Waals surface area contributed by atoms with Gasteiger partial charge in [0, 0.05) is 18.1 Å². The second-order valence-corrected chi connectivity index (χ2v) is 5.91. The standard InChI is InChI=1S/C17H28N2O/c1-6-7-12(2)19(4)16-10-13-8-9-14(20-5)11-15(13)17(16)18-3/h8-9,11-12,16-18H,6-7,10H2,1-5H3. The van der Waals surface area contributed by atoms with Gasteiger partial charge in [-0.05, 0) is 57.1 Å². The molecule has 0 fully saturated rings. The summed E-state index contributed by atoms with van der Waals surface area (Å²) in [6.07, 6.45) is 3.61. The van der Waals surface area contributed by atoms with E-state index in [1.165, 1.54) is 24.0 Å². The highest BCUT2D eigenvalue weighted by Gasteiger charge is 2.35. The number of hydrogen-bond acceptors (Lipinski definition) is 3. The Labute approximate surface area is 123 Å². The van der Waals surface area contributed by atoms with Crippen molar-refractivity contribution in [2.75, 3.05) is 21.2 Å². The predicted molar refractivity (Wildman–Crippen MR) is 84.4 cm³/mol. The minimum Gasteiger partial charge on any atom is -0.497 e. The van der Waals surface area contributed by atoms with Crippen LogP contribution in [0.25, 0.3) is 0 Å². The summed E-state index contributed by atoms with van der Waals surface area (Å²) in [6.45, 7) is 4.59. The van der Waals surface area contributed by atoms with E-state index < -0.39 is 0 Å². The number of nitrogens with zero attached hydrogens (tertiary/aromatic N) is 1. The number of methoxy groups -OCH3 is 1. The van der Waals surface area contributed by atoms with Crippen LogP contribution in [-0.4, -0.2) is 38.2 Å². The molecule has 1 aliphatic carbocycles. The Morgan fingerprint density at radius 3 is 2.80 bits per heavy atom. The topological polar surface area (TPSA) is 24.5 Å². The van der Waals surface area contributed by atoms with Crippen LogP contribution < -0.4 is 10.1 Å². The molecule has 1 aromatic carbocycles. The normalized spacial score (nSPS) is 22.9. The van der Waals surface area contributed by atoms with Gasteiger partial charge in [0.2, 0.25) is 0 Å². The summed E-state index contributed by atoms with van der Waals surface area (Å²) < 4.78 is 5.37. The number of ether oxygens (including phenoxy) is 1. The van der Waals surface area contributed by atoms with Gasteiger partial charge in [0.25, 0.3) is 0 Å². The van der Waals surface area contributed by atoms with Crippen LogP contribution >= 0.6 is 0 Å². The molecule has 1 aliphatic rings. The van der Waals surface area contributed by atoms with E-state index >= 15 is 0 Å². The summed E-state index contributed by atoms with van der Waals surface area (Å²) in [5.41, 5.74) is 2.85. The molecule has 0 aliphatic heterocycles. The number of hydrogen-bond donors (Lipinski definition) is 1. The molecule has 0 spiro atoms. The first kappa shape index (κ1) is 15.3. The molecule has 3 unspecified atom stereocenters. The maximum absolute atomic E-state index is 5.37. The number of rotatable bonds is 6. The number of likely N-dealkylation sites (N-methyl/N-ethyl adjacent to an activating group) is 2. The minimum absolute atomic E-state index is 0.393. The molecule has 0 saturated heterocycles. The van der Waals surface area contributed by atoms with Crippen molar-refractivity contribution < 1.29 is 4.74 Å². The van der Waals surface area contributed by atoms with Crippen LogP contribution in [0.2, 0.25) is 0 Å². The molecule has 2 rings (SSSR count). The van der Waals surface area contributed by atoms with Crippen molar-refractivity contribution in [3.05, 3.63) is 29.3 Å². The highest BCUT2D eigenvalue weighted by molar-refractivity contribution is 5.42. The largest absolute Gasteiger partial charge is 0.497 e. The van der Waals surface area contributed by atoms with E-state index in [0.29, 0.717) is 18.1 Å². The minimum atomic E-state index is 0.393. The van der Waals surface area contributed by atoms with E-state index in [-0.39, 0.29) is 0 Å². The molecule has 3 atom stereocenters. The zero-order valence-corrected chi connectivity index (χ0v) is 13.4. The summed E-state index contributed by atoms with van der Waals surface area (Å²) in [4.78, 5) is 2.54. The van der Waals surface area contributed by atoms with E-state index in [4.69, 9.17) is 4.74 Å². The molecule has 0 radical (unpaired) electrons. The lowest BCUT2D eigenvalue weighted by Crippen LogP contribution is -2.44. The fourth-order valence-electron chi connectivity index (χ4n) is 3.40. The fraction of sp³-hybridized carbons (Fsp3) is 0.647. The van der Waals surface area contributed by atoms with Gasteiger partial charge in [-0.1, -0.05) is 19.4 Å². The molecule has 20 heavy (non-hydrogen) atoms. The van der Waals surface area contributed by atoms with Crippen LogP contribution in [0, 0.1) is 0 Å². The second kappa shape index (κ2) is 6.59. The molecule has 0 heterocycles. The molecule has 3 heteroatoms. The van der Waals surface area contributed by atoms with Crippen molar-refractivity contribution >= 4 is 0 Å². The number of nitrogens with one attached hydrogen (secondary N) is 1. The van der Waals surface area contributed by atoms with Gasteiger partial charge in [-0.25, -0.2) is 0 Å². The van der Waals surface area contributed by atoms with Crippen molar-refractivity contribution in [1.29, 1.82) is 0 Å². The maximum Gasteiger partial charge on any atom is 0.119 e. The summed E-state index contributed by atoms with van der Waals surface area (Å²) in [5.74, 6) is 0.953. The second-order valence-electron chi connectivity index (χ2n) is 5.91. The molecular formula is C17H28N2O. The van der Waals surface area contributed by atoms with Crippen LogP contribution in [0.4, 0.5) is 0 Å². The first-order valence-corrected chi connectivity index (χ1v) is 7.68. The molecule has 1 aromatic rings. The number of fused-ring (bicyclic) bond motifs is 1. The third-order valence-corrected chi connectivity index (χ3v) is 4.74. The summed E-state index contributed by atoms with van der Waals surface area (Å²) in [7, 11) is 6.06. The third kappa shape index (κ3) is 2.84. The first-order valence-electron chi connectivity index (χ1n) is 7.68. The summed E-state index contributed by atoms with van der Waals surface area (Å²) in [6, 6.07) is 8.03. The fourth-order valence-corrected chi connectivity index (χ4v) is 3.40. The van der Waals surface area contributed by atoms with Crippen LogP contribution in [0.5, 0.6) is 5.75 Å². The molecule has 112 valence electrons. The lowest BCUT2D eigenvalue weighted by Gasteiger charge is -2.34. The van der Waals surface area contributed by atoms with Gasteiger partial charge >= 0.3 is 0 Å². The lowest BCUT2D eigenvalue weighted by atomic mass is 10.0. The van der Waals surface area contributed by atoms with Gasteiger partial charge < -0.3 is 10.1 Å². The van der Waals surface area contributed by atoms with Gasteiger partial charge in [-0.2, -0.15) is 0 Å². The van der Waals surface area contributed by atoms with Crippen molar-refractivity contribution in [2.45, 2.75) is 51.2 Å². The molecule has 3 nitrogen and oxygen atoms in total. The highest BCUT2D eigenvalue weighted by Crippen LogP contribution is 2.37. The zero-order valence-electron chi connectivity index (χ0n) is 13.4. The van der Waals surface area contributed by atoms with Crippen LogP contribution in [-0.2, 0) is 6.42 Å². The highest BCUT2D eigenvalue weighted by atomic mass is 16.5. The van der Waals surface area contributed by atoms with Gasteiger partial charge in [0.1, 0.15) is 5.75 Å². The molecule has 0 aromatic heterocycles. The Kier molecular flexibility index (Phi) is 5.06. The van der Waals surface area contributed by atoms with Gasteiger partial charge in [0.05, 0.1) is 7.11 Å². The van der Waals surface area contributed by atoms with Crippen LogP contribution in [0.1, 0.15) is 43.9 Å². The Balaban J connectivity index is 2.22. The Bertz CT molecular complexity index is 447. The Morgan fingerprint density at radius 1 is 1.45 bits per heavy atom. The average Bonchev–Trinajstić information content (AvgIpc) is 2.83. The van der Waals surface area contributed by atoms with Crippen molar-refractivity contribution in [1.82, 2.24) is 10.2 Å². The van der Waals surface area contributed by atoms with E-state index in [1.807, 2.05) is 0 Å². The first-order chi connectivity index (χ1) is 9.62. The van der Waals surface area contributed by atoms with Crippen LogP contribution in [0.15, 0.2) is 18.2 Å².